The molecule has 0 bridgehead atoms. The Morgan fingerprint density at radius 3 is 2.79 bits per heavy atom. The number of fused-ring (bicyclic) bond motifs is 1. The van der Waals surface area contributed by atoms with Crippen molar-refractivity contribution in [1.29, 1.82) is 0 Å². The van der Waals surface area contributed by atoms with Crippen LogP contribution in [0.3, 0.4) is 0 Å². The van der Waals surface area contributed by atoms with Crippen LogP contribution in [0.25, 0.3) is 10.8 Å². The second-order valence-electron chi connectivity index (χ2n) is 4.33. The third-order valence-corrected chi connectivity index (χ3v) is 3.05. The molecule has 0 aliphatic rings. The average Bonchev–Trinajstić information content (AvgIpc) is 2.45. The van der Waals surface area contributed by atoms with Crippen molar-refractivity contribution in [3.63, 3.8) is 0 Å². The molecule has 0 aliphatic carbocycles. The van der Waals surface area contributed by atoms with Crippen molar-refractivity contribution in [2.24, 2.45) is 5.73 Å². The standard InChI is InChI=1S/C17H19NO/c1-2-3-6-13-19-17-10-9-14-7-4-5-8-15(14)16(17)11-12-18/h4-5,7-10H,6,11-13,18H2,1H3. The van der Waals surface area contributed by atoms with Crippen LogP contribution in [0.15, 0.2) is 36.4 Å². The Hall–Kier alpha value is -1.98. The predicted octanol–water partition coefficient (Wildman–Crippen LogP) is 3.13. The van der Waals surface area contributed by atoms with E-state index in [-0.39, 0.29) is 0 Å². The van der Waals surface area contributed by atoms with Crippen molar-refractivity contribution in [3.8, 4) is 17.6 Å². The summed E-state index contributed by atoms with van der Waals surface area (Å²) in [5, 5.41) is 2.46. The molecule has 2 nitrogen and oxygen atoms in total. The summed E-state index contributed by atoms with van der Waals surface area (Å²) in [6.45, 7) is 3.09. The van der Waals surface area contributed by atoms with E-state index in [2.05, 4.69) is 36.1 Å². The lowest BCUT2D eigenvalue weighted by molar-refractivity contribution is 0.324. The van der Waals surface area contributed by atoms with E-state index in [1.807, 2.05) is 19.1 Å². The van der Waals surface area contributed by atoms with Crippen LogP contribution in [-0.4, -0.2) is 13.2 Å². The molecule has 0 amide bonds. The lowest BCUT2D eigenvalue weighted by Crippen LogP contribution is -2.06. The maximum atomic E-state index is 5.84. The number of hydrogen-bond donors (Lipinski definition) is 1. The Balaban J connectivity index is 2.30. The molecule has 98 valence electrons. The van der Waals surface area contributed by atoms with Gasteiger partial charge in [-0.05, 0) is 36.7 Å². The van der Waals surface area contributed by atoms with Gasteiger partial charge in [-0.2, -0.15) is 0 Å². The molecule has 2 rings (SSSR count). The lowest BCUT2D eigenvalue weighted by atomic mass is 10.0. The second kappa shape index (κ2) is 6.82. The van der Waals surface area contributed by atoms with Gasteiger partial charge in [-0.1, -0.05) is 30.3 Å². The number of nitrogens with two attached hydrogens (primary N) is 1. The van der Waals surface area contributed by atoms with Crippen LogP contribution in [0, 0.1) is 11.8 Å². The normalized spacial score (nSPS) is 10.0. The smallest absolute Gasteiger partial charge is 0.123 e. The van der Waals surface area contributed by atoms with Gasteiger partial charge in [0.05, 0.1) is 6.61 Å². The van der Waals surface area contributed by atoms with Gasteiger partial charge in [0.25, 0.3) is 0 Å². The first-order valence-electron chi connectivity index (χ1n) is 6.60. The fourth-order valence-corrected chi connectivity index (χ4v) is 2.19. The third kappa shape index (κ3) is 3.27. The van der Waals surface area contributed by atoms with Crippen molar-refractivity contribution in [2.75, 3.05) is 13.2 Å². The molecule has 0 atom stereocenters. The minimum Gasteiger partial charge on any atom is -0.492 e. The largest absolute Gasteiger partial charge is 0.492 e. The van der Waals surface area contributed by atoms with E-state index in [0.717, 1.165) is 18.6 Å². The first-order chi connectivity index (χ1) is 9.36. The highest BCUT2D eigenvalue weighted by Crippen LogP contribution is 2.28. The molecule has 0 saturated carbocycles. The Morgan fingerprint density at radius 1 is 1.16 bits per heavy atom. The van der Waals surface area contributed by atoms with Gasteiger partial charge < -0.3 is 10.5 Å². The van der Waals surface area contributed by atoms with E-state index >= 15 is 0 Å². The summed E-state index contributed by atoms with van der Waals surface area (Å²) in [7, 11) is 0. The van der Waals surface area contributed by atoms with Crippen LogP contribution in [0.2, 0.25) is 0 Å². The van der Waals surface area contributed by atoms with E-state index in [9.17, 15) is 0 Å². The molecule has 0 aromatic heterocycles. The summed E-state index contributed by atoms with van der Waals surface area (Å²) in [4.78, 5) is 0. The summed E-state index contributed by atoms with van der Waals surface area (Å²) in [6.07, 6.45) is 1.58. The molecule has 2 heteroatoms. The Kier molecular flexibility index (Phi) is 4.83. The second-order valence-corrected chi connectivity index (χ2v) is 4.33. The molecule has 2 aromatic rings. The fraction of sp³-hybridized carbons (Fsp3) is 0.294. The van der Waals surface area contributed by atoms with E-state index < -0.39 is 0 Å². The lowest BCUT2D eigenvalue weighted by Gasteiger charge is -2.13. The zero-order valence-electron chi connectivity index (χ0n) is 11.3. The van der Waals surface area contributed by atoms with Gasteiger partial charge in [-0.15, -0.1) is 11.8 Å². The monoisotopic (exact) mass is 253 g/mol. The van der Waals surface area contributed by atoms with Crippen LogP contribution in [0.4, 0.5) is 0 Å². The number of rotatable bonds is 5. The zero-order valence-corrected chi connectivity index (χ0v) is 11.3. The zero-order chi connectivity index (χ0) is 13.5. The van der Waals surface area contributed by atoms with Crippen molar-refractivity contribution in [2.45, 2.75) is 19.8 Å². The van der Waals surface area contributed by atoms with Gasteiger partial charge in [-0.3, -0.25) is 0 Å². The highest BCUT2D eigenvalue weighted by Gasteiger charge is 2.07. The Morgan fingerprint density at radius 2 is 2.00 bits per heavy atom. The van der Waals surface area contributed by atoms with E-state index in [1.165, 1.54) is 16.3 Å². The SMILES string of the molecule is CC#CCCOc1ccc2ccccc2c1CCN. The molecule has 2 N–H and O–H groups in total. The number of benzene rings is 2. The minimum absolute atomic E-state index is 0.622. The van der Waals surface area contributed by atoms with Gasteiger partial charge in [-0.25, -0.2) is 0 Å². The molecule has 0 heterocycles. The van der Waals surface area contributed by atoms with Crippen molar-refractivity contribution < 1.29 is 4.74 Å². The number of ether oxygens (including phenoxy) is 1. The molecule has 19 heavy (non-hydrogen) atoms. The van der Waals surface area contributed by atoms with Gasteiger partial charge in [0.2, 0.25) is 0 Å². The van der Waals surface area contributed by atoms with Crippen LogP contribution in [0.5, 0.6) is 5.75 Å². The van der Waals surface area contributed by atoms with E-state index in [0.29, 0.717) is 13.2 Å². The molecule has 0 spiro atoms. The van der Waals surface area contributed by atoms with Gasteiger partial charge >= 0.3 is 0 Å². The first-order valence-corrected chi connectivity index (χ1v) is 6.60. The maximum Gasteiger partial charge on any atom is 0.123 e. The Bertz CT molecular complexity index is 607. The first kappa shape index (κ1) is 13.5. The van der Waals surface area contributed by atoms with Gasteiger partial charge in [0, 0.05) is 12.0 Å². The molecule has 0 saturated heterocycles. The molecule has 0 aliphatic heterocycles. The van der Waals surface area contributed by atoms with Crippen molar-refractivity contribution >= 4 is 10.8 Å². The molecule has 0 unspecified atom stereocenters. The average molecular weight is 253 g/mol. The maximum absolute atomic E-state index is 5.84. The third-order valence-electron chi connectivity index (χ3n) is 3.05. The summed E-state index contributed by atoms with van der Waals surface area (Å²) in [6, 6.07) is 12.5. The minimum atomic E-state index is 0.622. The van der Waals surface area contributed by atoms with Crippen LogP contribution >= 0.6 is 0 Å². The molecule has 2 aromatic carbocycles. The van der Waals surface area contributed by atoms with E-state index in [4.69, 9.17) is 10.5 Å². The molecule has 0 fully saturated rings. The van der Waals surface area contributed by atoms with Gasteiger partial charge in [0.1, 0.15) is 5.75 Å². The quantitative estimate of drug-likeness (QED) is 0.656. The van der Waals surface area contributed by atoms with Crippen LogP contribution in [0.1, 0.15) is 18.9 Å². The summed E-state index contributed by atoms with van der Waals surface area (Å²) < 4.78 is 5.84. The molecule has 0 radical (unpaired) electrons. The van der Waals surface area contributed by atoms with Crippen molar-refractivity contribution in [1.82, 2.24) is 0 Å². The highest BCUT2D eigenvalue weighted by molar-refractivity contribution is 5.87. The van der Waals surface area contributed by atoms with Crippen molar-refractivity contribution in [3.05, 3.63) is 42.0 Å². The van der Waals surface area contributed by atoms with Crippen LogP contribution in [-0.2, 0) is 6.42 Å². The van der Waals surface area contributed by atoms with E-state index in [1.54, 1.807) is 0 Å². The summed E-state index contributed by atoms with van der Waals surface area (Å²) in [5.74, 6) is 6.81. The predicted molar refractivity (Wildman–Crippen MR) is 80.3 cm³/mol. The Labute approximate surface area is 114 Å². The summed E-state index contributed by atoms with van der Waals surface area (Å²) in [5.41, 5.74) is 6.92. The number of hydrogen-bond acceptors (Lipinski definition) is 2. The van der Waals surface area contributed by atoms with Gasteiger partial charge in [0.15, 0.2) is 0 Å². The molecular weight excluding hydrogens is 234 g/mol. The summed E-state index contributed by atoms with van der Waals surface area (Å²) >= 11 is 0. The molecular formula is C17H19NO. The fourth-order valence-electron chi connectivity index (χ4n) is 2.19. The van der Waals surface area contributed by atoms with Crippen LogP contribution < -0.4 is 10.5 Å². The topological polar surface area (TPSA) is 35.2 Å². The highest BCUT2D eigenvalue weighted by atomic mass is 16.5.